The summed E-state index contributed by atoms with van der Waals surface area (Å²) in [7, 11) is 0. The molecule has 1 aromatic rings. The summed E-state index contributed by atoms with van der Waals surface area (Å²) in [5.74, 6) is 0. The van der Waals surface area contributed by atoms with Crippen LogP contribution in [0.15, 0.2) is 16.8 Å². The van der Waals surface area contributed by atoms with Crippen LogP contribution in [0.25, 0.3) is 0 Å². The maximum absolute atomic E-state index is 6.06. The van der Waals surface area contributed by atoms with Gasteiger partial charge in [-0.1, -0.05) is 6.92 Å². The van der Waals surface area contributed by atoms with Crippen LogP contribution in [-0.4, -0.2) is 25.9 Å². The number of ether oxygens (including phenoxy) is 2. The second-order valence-corrected chi connectivity index (χ2v) is 4.40. The molecular weight excluding hydrogens is 222 g/mol. The van der Waals surface area contributed by atoms with Crippen LogP contribution < -0.4 is 5.73 Å². The zero-order chi connectivity index (χ0) is 11.8. The van der Waals surface area contributed by atoms with Gasteiger partial charge < -0.3 is 15.2 Å². The van der Waals surface area contributed by atoms with E-state index in [0.717, 1.165) is 13.0 Å². The molecule has 0 aliphatic carbocycles. The fourth-order valence-corrected chi connectivity index (χ4v) is 2.18. The van der Waals surface area contributed by atoms with Crippen LogP contribution in [-0.2, 0) is 9.47 Å². The molecule has 0 saturated heterocycles. The zero-order valence-electron chi connectivity index (χ0n) is 10.0. The van der Waals surface area contributed by atoms with Crippen molar-refractivity contribution in [3.63, 3.8) is 0 Å². The van der Waals surface area contributed by atoms with Crippen molar-refractivity contribution < 1.29 is 9.47 Å². The molecule has 2 N–H and O–H groups in total. The van der Waals surface area contributed by atoms with Crippen LogP contribution in [0.2, 0.25) is 0 Å². The molecule has 0 aliphatic heterocycles. The average molecular weight is 243 g/mol. The number of hydrogen-bond donors (Lipinski definition) is 1. The lowest BCUT2D eigenvalue weighted by molar-refractivity contribution is -0.00529. The predicted octanol–water partition coefficient (Wildman–Crippen LogP) is 2.58. The standard InChI is InChI=1S/C12H21NO2S/c1-3-11(13)12(10-5-8-16-9-10)15-7-6-14-4-2/h5,8-9,11-12H,3-4,6-7,13H2,1-2H3. The van der Waals surface area contributed by atoms with Gasteiger partial charge in [0.1, 0.15) is 0 Å². The van der Waals surface area contributed by atoms with Gasteiger partial charge in [-0.25, -0.2) is 0 Å². The maximum Gasteiger partial charge on any atom is 0.0984 e. The van der Waals surface area contributed by atoms with Gasteiger partial charge in [0.25, 0.3) is 0 Å². The van der Waals surface area contributed by atoms with Gasteiger partial charge in [0, 0.05) is 12.6 Å². The minimum Gasteiger partial charge on any atom is -0.379 e. The molecule has 1 heterocycles. The second kappa shape index (κ2) is 7.79. The summed E-state index contributed by atoms with van der Waals surface area (Å²) < 4.78 is 11.0. The van der Waals surface area contributed by atoms with Gasteiger partial charge in [0.2, 0.25) is 0 Å². The highest BCUT2D eigenvalue weighted by molar-refractivity contribution is 7.07. The van der Waals surface area contributed by atoms with Crippen LogP contribution in [0.5, 0.6) is 0 Å². The highest BCUT2D eigenvalue weighted by Crippen LogP contribution is 2.24. The highest BCUT2D eigenvalue weighted by atomic mass is 32.1. The third-order valence-corrected chi connectivity index (χ3v) is 3.16. The number of nitrogens with two attached hydrogens (primary N) is 1. The molecule has 16 heavy (non-hydrogen) atoms. The lowest BCUT2D eigenvalue weighted by atomic mass is 10.0. The largest absolute Gasteiger partial charge is 0.379 e. The van der Waals surface area contributed by atoms with Crippen LogP contribution in [0.1, 0.15) is 31.9 Å². The van der Waals surface area contributed by atoms with Crippen molar-refractivity contribution >= 4 is 11.3 Å². The minimum absolute atomic E-state index is 0.00305. The van der Waals surface area contributed by atoms with Gasteiger partial charge in [-0.3, -0.25) is 0 Å². The van der Waals surface area contributed by atoms with E-state index >= 15 is 0 Å². The van der Waals surface area contributed by atoms with E-state index in [-0.39, 0.29) is 12.1 Å². The lowest BCUT2D eigenvalue weighted by Gasteiger charge is -2.22. The van der Waals surface area contributed by atoms with Gasteiger partial charge in [-0.2, -0.15) is 11.3 Å². The molecule has 0 fully saturated rings. The quantitative estimate of drug-likeness (QED) is 0.714. The Hall–Kier alpha value is -0.420. The molecule has 0 radical (unpaired) electrons. The van der Waals surface area contributed by atoms with Crippen LogP contribution in [0.3, 0.4) is 0 Å². The van der Waals surface area contributed by atoms with Crippen molar-refractivity contribution in [1.29, 1.82) is 0 Å². The third kappa shape index (κ3) is 4.22. The van der Waals surface area contributed by atoms with Crippen molar-refractivity contribution in [2.45, 2.75) is 32.4 Å². The van der Waals surface area contributed by atoms with Crippen molar-refractivity contribution in [2.75, 3.05) is 19.8 Å². The van der Waals surface area contributed by atoms with Crippen LogP contribution >= 0.6 is 11.3 Å². The fraction of sp³-hybridized carbons (Fsp3) is 0.667. The number of rotatable bonds is 8. The Morgan fingerprint density at radius 2 is 2.19 bits per heavy atom. The zero-order valence-corrected chi connectivity index (χ0v) is 10.8. The second-order valence-electron chi connectivity index (χ2n) is 3.62. The minimum atomic E-state index is -0.00305. The van der Waals surface area contributed by atoms with Gasteiger partial charge in [0.15, 0.2) is 0 Å². The fourth-order valence-electron chi connectivity index (χ4n) is 1.50. The van der Waals surface area contributed by atoms with E-state index in [2.05, 4.69) is 23.8 Å². The molecule has 0 saturated carbocycles. The summed E-state index contributed by atoms with van der Waals surface area (Å²) >= 11 is 1.67. The summed E-state index contributed by atoms with van der Waals surface area (Å²) in [5, 5.41) is 4.15. The number of thiophene rings is 1. The molecule has 2 atom stereocenters. The molecule has 1 aromatic heterocycles. The van der Waals surface area contributed by atoms with Crippen LogP contribution in [0, 0.1) is 0 Å². The molecule has 1 rings (SSSR count). The summed E-state index contributed by atoms with van der Waals surface area (Å²) in [4.78, 5) is 0. The summed E-state index contributed by atoms with van der Waals surface area (Å²) in [6.07, 6.45) is 0.909. The molecule has 0 spiro atoms. The SMILES string of the molecule is CCOCCOC(c1ccsc1)C(N)CC. The van der Waals surface area contributed by atoms with E-state index in [1.54, 1.807) is 11.3 Å². The highest BCUT2D eigenvalue weighted by Gasteiger charge is 2.19. The van der Waals surface area contributed by atoms with E-state index in [4.69, 9.17) is 15.2 Å². The van der Waals surface area contributed by atoms with Gasteiger partial charge in [-0.15, -0.1) is 0 Å². The van der Waals surface area contributed by atoms with Gasteiger partial charge in [0.05, 0.1) is 19.3 Å². The first-order valence-corrected chi connectivity index (χ1v) is 6.70. The summed E-state index contributed by atoms with van der Waals surface area (Å²) in [6, 6.07) is 2.13. The normalized spacial score (nSPS) is 14.9. The van der Waals surface area contributed by atoms with Crippen molar-refractivity contribution in [3.8, 4) is 0 Å². The van der Waals surface area contributed by atoms with Gasteiger partial charge >= 0.3 is 0 Å². The first kappa shape index (κ1) is 13.6. The maximum atomic E-state index is 6.06. The van der Waals surface area contributed by atoms with E-state index in [9.17, 15) is 0 Å². The average Bonchev–Trinajstić information content (AvgIpc) is 2.82. The van der Waals surface area contributed by atoms with E-state index in [1.807, 2.05) is 6.92 Å². The molecule has 0 aromatic carbocycles. The Bertz CT molecular complexity index is 264. The molecule has 0 amide bonds. The van der Waals surface area contributed by atoms with Crippen molar-refractivity contribution in [2.24, 2.45) is 5.73 Å². The molecule has 92 valence electrons. The Labute approximate surface area is 102 Å². The van der Waals surface area contributed by atoms with Crippen LogP contribution in [0.4, 0.5) is 0 Å². The summed E-state index contributed by atoms with van der Waals surface area (Å²) in [6.45, 7) is 6.02. The van der Waals surface area contributed by atoms with Crippen molar-refractivity contribution in [3.05, 3.63) is 22.4 Å². The van der Waals surface area contributed by atoms with Gasteiger partial charge in [-0.05, 0) is 35.7 Å². The molecular formula is C12H21NO2S. The first-order chi connectivity index (χ1) is 7.79. The Morgan fingerprint density at radius 1 is 1.38 bits per heavy atom. The Kier molecular flexibility index (Phi) is 6.64. The smallest absolute Gasteiger partial charge is 0.0984 e. The van der Waals surface area contributed by atoms with E-state index in [1.165, 1.54) is 5.56 Å². The molecule has 0 aliphatic rings. The Morgan fingerprint density at radius 3 is 2.75 bits per heavy atom. The summed E-state index contributed by atoms with van der Waals surface area (Å²) in [5.41, 5.74) is 7.24. The topological polar surface area (TPSA) is 44.5 Å². The Balaban J connectivity index is 2.45. The molecule has 4 heteroatoms. The molecule has 3 nitrogen and oxygen atoms in total. The number of hydrogen-bond acceptors (Lipinski definition) is 4. The van der Waals surface area contributed by atoms with E-state index in [0.29, 0.717) is 13.2 Å². The first-order valence-electron chi connectivity index (χ1n) is 5.76. The monoisotopic (exact) mass is 243 g/mol. The molecule has 0 bridgehead atoms. The molecule has 2 unspecified atom stereocenters. The van der Waals surface area contributed by atoms with E-state index < -0.39 is 0 Å². The third-order valence-electron chi connectivity index (χ3n) is 2.46. The lowest BCUT2D eigenvalue weighted by Crippen LogP contribution is -2.30. The predicted molar refractivity (Wildman–Crippen MR) is 67.8 cm³/mol. The van der Waals surface area contributed by atoms with Crippen molar-refractivity contribution in [1.82, 2.24) is 0 Å².